The first kappa shape index (κ1) is 12.5. The van der Waals surface area contributed by atoms with E-state index in [1.807, 2.05) is 0 Å². The maximum atomic E-state index is 12.4. The molecule has 0 aliphatic carbocycles. The van der Waals surface area contributed by atoms with E-state index in [-0.39, 0.29) is 0 Å². The Morgan fingerprint density at radius 1 is 1.14 bits per heavy atom. The molecule has 6 heteroatoms. The summed E-state index contributed by atoms with van der Waals surface area (Å²) in [5, 5.41) is 0.371. The third kappa shape index (κ3) is 2.73. The minimum absolute atomic E-state index is 0.371. The van der Waals surface area contributed by atoms with Gasteiger partial charge in [-0.3, -0.25) is 0 Å². The maximum Gasteiger partial charge on any atom is 0.416 e. The van der Waals surface area contributed by atoms with Gasteiger partial charge in [0.15, 0.2) is 0 Å². The maximum absolute atomic E-state index is 12.4. The molecular formula is C8H4Br3F3. The zero-order valence-electron chi connectivity index (χ0n) is 6.63. The number of alkyl halides is 4. The van der Waals surface area contributed by atoms with Gasteiger partial charge >= 0.3 is 6.18 Å². The van der Waals surface area contributed by atoms with Crippen molar-refractivity contribution in [2.24, 2.45) is 0 Å². The molecule has 1 aromatic rings. The second kappa shape index (κ2) is 4.53. The number of hydrogen-bond acceptors (Lipinski definition) is 0. The summed E-state index contributed by atoms with van der Waals surface area (Å²) in [7, 11) is 0. The van der Waals surface area contributed by atoms with Crippen LogP contribution in [-0.2, 0) is 11.5 Å². The van der Waals surface area contributed by atoms with E-state index in [0.29, 0.717) is 19.8 Å². The summed E-state index contributed by atoms with van der Waals surface area (Å²) in [5.74, 6) is 0. The van der Waals surface area contributed by atoms with Crippen molar-refractivity contribution in [3.05, 3.63) is 32.2 Å². The molecule has 0 heterocycles. The standard InChI is InChI=1S/C8H4Br3F3/c9-3-4-1-5(8(12,13)14)2-6(10)7(4)11/h1-2H,3H2. The fourth-order valence-electron chi connectivity index (χ4n) is 0.907. The molecule has 0 N–H and O–H groups in total. The molecule has 0 amide bonds. The Balaban J connectivity index is 3.30. The van der Waals surface area contributed by atoms with Crippen molar-refractivity contribution in [1.82, 2.24) is 0 Å². The number of halogens is 6. The van der Waals surface area contributed by atoms with Gasteiger partial charge in [0, 0.05) is 14.3 Å². The predicted molar refractivity (Wildman–Crippen MR) is 59.5 cm³/mol. The van der Waals surface area contributed by atoms with Gasteiger partial charge in [0.2, 0.25) is 0 Å². The van der Waals surface area contributed by atoms with Gasteiger partial charge in [-0.2, -0.15) is 13.2 Å². The molecule has 0 atom stereocenters. The molecule has 0 spiro atoms. The molecule has 0 saturated heterocycles. The summed E-state index contributed by atoms with van der Waals surface area (Å²) in [4.78, 5) is 0. The molecule has 0 aliphatic rings. The zero-order valence-corrected chi connectivity index (χ0v) is 11.4. The largest absolute Gasteiger partial charge is 0.416 e. The highest BCUT2D eigenvalue weighted by atomic mass is 79.9. The lowest BCUT2D eigenvalue weighted by Gasteiger charge is -2.10. The van der Waals surface area contributed by atoms with Gasteiger partial charge in [-0.15, -0.1) is 0 Å². The molecule has 0 bridgehead atoms. The van der Waals surface area contributed by atoms with Crippen LogP contribution < -0.4 is 0 Å². The third-order valence-corrected chi connectivity index (χ3v) is 4.27. The summed E-state index contributed by atoms with van der Waals surface area (Å²) in [6, 6.07) is 2.17. The fourth-order valence-corrected chi connectivity index (χ4v) is 2.60. The van der Waals surface area contributed by atoms with E-state index in [0.717, 1.165) is 12.1 Å². The molecule has 1 rings (SSSR count). The van der Waals surface area contributed by atoms with Gasteiger partial charge in [0.05, 0.1) is 5.56 Å². The van der Waals surface area contributed by atoms with Gasteiger partial charge in [0.1, 0.15) is 0 Å². The van der Waals surface area contributed by atoms with Crippen LogP contribution >= 0.6 is 47.8 Å². The Kier molecular flexibility index (Phi) is 4.05. The van der Waals surface area contributed by atoms with E-state index in [4.69, 9.17) is 0 Å². The van der Waals surface area contributed by atoms with Gasteiger partial charge in [-0.1, -0.05) is 15.9 Å². The molecule has 14 heavy (non-hydrogen) atoms. The minimum Gasteiger partial charge on any atom is -0.166 e. The predicted octanol–water partition coefficient (Wildman–Crippen LogP) is 5.13. The molecule has 0 aliphatic heterocycles. The van der Waals surface area contributed by atoms with E-state index in [1.165, 1.54) is 0 Å². The summed E-state index contributed by atoms with van der Waals surface area (Å²) in [6.45, 7) is 0. The highest BCUT2D eigenvalue weighted by molar-refractivity contribution is 9.13. The summed E-state index contributed by atoms with van der Waals surface area (Å²) >= 11 is 9.38. The van der Waals surface area contributed by atoms with E-state index < -0.39 is 11.7 Å². The highest BCUT2D eigenvalue weighted by Crippen LogP contribution is 2.36. The van der Waals surface area contributed by atoms with Gasteiger partial charge in [-0.25, -0.2) is 0 Å². The summed E-state index contributed by atoms with van der Waals surface area (Å²) < 4.78 is 38.1. The topological polar surface area (TPSA) is 0 Å². The lowest BCUT2D eigenvalue weighted by molar-refractivity contribution is -0.137. The third-order valence-electron chi connectivity index (χ3n) is 1.57. The van der Waals surface area contributed by atoms with Crippen LogP contribution in [0.5, 0.6) is 0 Å². The average molecular weight is 397 g/mol. The van der Waals surface area contributed by atoms with Crippen LogP contribution in [0.15, 0.2) is 21.1 Å². The molecule has 0 nitrogen and oxygen atoms in total. The Labute approximate surface area is 104 Å². The van der Waals surface area contributed by atoms with Gasteiger partial charge in [0.25, 0.3) is 0 Å². The first-order chi connectivity index (χ1) is 6.36. The van der Waals surface area contributed by atoms with Crippen molar-refractivity contribution in [3.8, 4) is 0 Å². The SMILES string of the molecule is FC(F)(F)c1cc(Br)c(Br)c(CBr)c1. The van der Waals surface area contributed by atoms with Crippen LogP contribution in [0.1, 0.15) is 11.1 Å². The molecule has 0 unspecified atom stereocenters. The smallest absolute Gasteiger partial charge is 0.166 e. The van der Waals surface area contributed by atoms with Crippen LogP contribution in [0.4, 0.5) is 13.2 Å². The lowest BCUT2D eigenvalue weighted by Crippen LogP contribution is -2.05. The van der Waals surface area contributed by atoms with Crippen molar-refractivity contribution in [2.75, 3.05) is 0 Å². The van der Waals surface area contributed by atoms with Crippen molar-refractivity contribution in [3.63, 3.8) is 0 Å². The molecule has 78 valence electrons. The van der Waals surface area contributed by atoms with E-state index in [9.17, 15) is 13.2 Å². The zero-order chi connectivity index (χ0) is 10.9. The highest BCUT2D eigenvalue weighted by Gasteiger charge is 2.31. The second-order valence-corrected chi connectivity index (χ2v) is 4.77. The Hall–Kier alpha value is 0.450. The first-order valence-corrected chi connectivity index (χ1v) is 6.18. The van der Waals surface area contributed by atoms with E-state index in [2.05, 4.69) is 47.8 Å². The Bertz CT molecular complexity index is 346. The number of benzene rings is 1. The van der Waals surface area contributed by atoms with Crippen LogP contribution in [0.25, 0.3) is 0 Å². The quantitative estimate of drug-likeness (QED) is 0.578. The van der Waals surface area contributed by atoms with Crippen molar-refractivity contribution < 1.29 is 13.2 Å². The monoisotopic (exact) mass is 394 g/mol. The minimum atomic E-state index is -4.31. The van der Waals surface area contributed by atoms with Crippen LogP contribution in [-0.4, -0.2) is 0 Å². The molecule has 1 aromatic carbocycles. The Morgan fingerprint density at radius 2 is 1.71 bits per heavy atom. The van der Waals surface area contributed by atoms with Crippen LogP contribution in [0.2, 0.25) is 0 Å². The van der Waals surface area contributed by atoms with E-state index in [1.54, 1.807) is 0 Å². The van der Waals surface area contributed by atoms with E-state index >= 15 is 0 Å². The Morgan fingerprint density at radius 3 is 2.14 bits per heavy atom. The van der Waals surface area contributed by atoms with Crippen LogP contribution in [0.3, 0.4) is 0 Å². The van der Waals surface area contributed by atoms with Crippen molar-refractivity contribution in [1.29, 1.82) is 0 Å². The van der Waals surface area contributed by atoms with Crippen molar-refractivity contribution >= 4 is 47.8 Å². The molecule has 0 saturated carbocycles. The number of rotatable bonds is 1. The second-order valence-electron chi connectivity index (χ2n) is 2.56. The molecule has 0 fully saturated rings. The average Bonchev–Trinajstić information content (AvgIpc) is 2.07. The lowest BCUT2D eigenvalue weighted by atomic mass is 10.1. The fraction of sp³-hybridized carbons (Fsp3) is 0.250. The normalized spacial score (nSPS) is 11.9. The summed E-state index contributed by atoms with van der Waals surface area (Å²) in [5.41, 5.74) is -0.0891. The van der Waals surface area contributed by atoms with Crippen molar-refractivity contribution in [2.45, 2.75) is 11.5 Å². The molecule has 0 radical (unpaired) electrons. The molecule has 0 aromatic heterocycles. The number of hydrogen-bond donors (Lipinski definition) is 0. The first-order valence-electron chi connectivity index (χ1n) is 3.47. The van der Waals surface area contributed by atoms with Gasteiger partial charge in [-0.05, 0) is 49.6 Å². The molecular weight excluding hydrogens is 393 g/mol. The van der Waals surface area contributed by atoms with Crippen LogP contribution in [0, 0.1) is 0 Å². The summed E-state index contributed by atoms with van der Waals surface area (Å²) in [6.07, 6.45) is -4.31. The van der Waals surface area contributed by atoms with Gasteiger partial charge < -0.3 is 0 Å².